The molecule has 0 amide bonds. The smallest absolute Gasteiger partial charge is 0.193 e. The summed E-state index contributed by atoms with van der Waals surface area (Å²) in [5.41, 5.74) is -0.0648. The normalized spacial score (nSPS) is 26.4. The number of rotatable bonds is 6. The van der Waals surface area contributed by atoms with E-state index in [4.69, 9.17) is 0 Å². The highest BCUT2D eigenvalue weighted by molar-refractivity contribution is 14.0. The summed E-state index contributed by atoms with van der Waals surface area (Å²) in [6.45, 7) is 4.08. The Morgan fingerprint density at radius 1 is 1.25 bits per heavy atom. The minimum atomic E-state index is -2.92. The maximum Gasteiger partial charge on any atom is 0.193 e. The topological polar surface area (TPSA) is 61.8 Å². The van der Waals surface area contributed by atoms with Crippen molar-refractivity contribution in [2.24, 2.45) is 22.2 Å². The lowest BCUT2D eigenvalue weighted by Gasteiger charge is -2.31. The molecular weight excluding hydrogens is 437 g/mol. The van der Waals surface area contributed by atoms with Gasteiger partial charge >= 0.3 is 0 Å². The second-order valence-corrected chi connectivity index (χ2v) is 10.1. The fraction of sp³-hybridized carbons (Fsp3) is 0.941. The number of guanidine groups is 1. The van der Waals surface area contributed by atoms with Gasteiger partial charge in [-0.25, -0.2) is 8.42 Å². The zero-order valence-corrected chi connectivity index (χ0v) is 18.7. The summed E-state index contributed by atoms with van der Waals surface area (Å²) >= 11 is 0. The number of hydrogen-bond acceptors (Lipinski definition) is 3. The van der Waals surface area contributed by atoms with Crippen LogP contribution in [0.3, 0.4) is 0 Å². The minimum absolute atomic E-state index is 0. The lowest BCUT2D eigenvalue weighted by Crippen LogP contribution is -2.44. The van der Waals surface area contributed by atoms with Gasteiger partial charge in [0.15, 0.2) is 5.96 Å². The van der Waals surface area contributed by atoms with E-state index in [9.17, 15) is 8.42 Å². The van der Waals surface area contributed by atoms with Crippen LogP contribution in [0.2, 0.25) is 0 Å². The molecule has 2 rings (SSSR count). The van der Waals surface area contributed by atoms with E-state index in [1.165, 1.54) is 31.9 Å². The first-order valence-electron chi connectivity index (χ1n) is 8.82. The first-order valence-corrected chi connectivity index (χ1v) is 10.9. The molecule has 0 bridgehead atoms. The van der Waals surface area contributed by atoms with Crippen molar-refractivity contribution in [2.45, 2.75) is 45.4 Å². The van der Waals surface area contributed by atoms with E-state index in [0.717, 1.165) is 37.2 Å². The third-order valence-corrected chi connectivity index (χ3v) is 6.52. The Labute approximate surface area is 165 Å². The summed E-state index contributed by atoms with van der Waals surface area (Å²) in [4.78, 5) is 6.58. The van der Waals surface area contributed by atoms with Crippen molar-refractivity contribution in [3.8, 4) is 0 Å². The van der Waals surface area contributed by atoms with Crippen LogP contribution in [0.15, 0.2) is 4.99 Å². The molecule has 0 heterocycles. The van der Waals surface area contributed by atoms with Crippen molar-refractivity contribution in [1.82, 2.24) is 10.2 Å². The van der Waals surface area contributed by atoms with Crippen LogP contribution in [0.1, 0.15) is 45.4 Å². The number of nitrogens with zero attached hydrogens (tertiary/aromatic N) is 2. The van der Waals surface area contributed by atoms with Gasteiger partial charge in [0.2, 0.25) is 0 Å². The van der Waals surface area contributed by atoms with Gasteiger partial charge < -0.3 is 10.2 Å². The van der Waals surface area contributed by atoms with E-state index in [-0.39, 0.29) is 35.1 Å². The molecule has 0 aromatic heterocycles. The van der Waals surface area contributed by atoms with Crippen LogP contribution < -0.4 is 5.32 Å². The van der Waals surface area contributed by atoms with Gasteiger partial charge in [0.1, 0.15) is 9.84 Å². The highest BCUT2D eigenvalue weighted by Crippen LogP contribution is 2.46. The molecule has 0 atom stereocenters. The molecule has 2 fully saturated rings. The van der Waals surface area contributed by atoms with Gasteiger partial charge in [-0.1, -0.05) is 19.8 Å². The molecule has 0 spiro atoms. The average molecular weight is 471 g/mol. The molecule has 0 aromatic rings. The minimum Gasteiger partial charge on any atom is -0.356 e. The lowest BCUT2D eigenvalue weighted by molar-refractivity contribution is 0.249. The first kappa shape index (κ1) is 22.0. The fourth-order valence-electron chi connectivity index (χ4n) is 3.74. The van der Waals surface area contributed by atoms with Crippen molar-refractivity contribution in [1.29, 1.82) is 0 Å². The second-order valence-electron chi connectivity index (χ2n) is 7.98. The molecule has 2 saturated carbocycles. The van der Waals surface area contributed by atoms with Crippen LogP contribution in [-0.4, -0.2) is 58.5 Å². The highest BCUT2D eigenvalue weighted by Gasteiger charge is 2.45. The Morgan fingerprint density at radius 2 is 1.83 bits per heavy atom. The molecule has 5 nitrogen and oxygen atoms in total. The SMILES string of the molecule is CN=C(NCC1(CS(C)(=O)=O)CC1)N(C)CC1CCC(C)CC1.I. The Balaban J connectivity index is 0.00000288. The van der Waals surface area contributed by atoms with E-state index in [2.05, 4.69) is 29.2 Å². The number of sulfone groups is 1. The third kappa shape index (κ3) is 7.06. The molecule has 0 saturated heterocycles. The monoisotopic (exact) mass is 471 g/mol. The van der Waals surface area contributed by atoms with Gasteiger partial charge in [0, 0.05) is 38.9 Å². The van der Waals surface area contributed by atoms with Crippen LogP contribution in [0.5, 0.6) is 0 Å². The molecule has 7 heteroatoms. The number of aliphatic imine (C=N–C) groups is 1. The number of nitrogens with one attached hydrogen (secondary N) is 1. The van der Waals surface area contributed by atoms with Crippen molar-refractivity contribution >= 4 is 39.8 Å². The van der Waals surface area contributed by atoms with E-state index >= 15 is 0 Å². The highest BCUT2D eigenvalue weighted by atomic mass is 127. The largest absolute Gasteiger partial charge is 0.356 e. The lowest BCUT2D eigenvalue weighted by atomic mass is 9.83. The summed E-state index contributed by atoms with van der Waals surface area (Å²) < 4.78 is 23.1. The maximum atomic E-state index is 11.6. The molecule has 0 radical (unpaired) electrons. The average Bonchev–Trinajstić information content (AvgIpc) is 3.19. The van der Waals surface area contributed by atoms with Gasteiger partial charge in [0.05, 0.1) is 5.75 Å². The number of hydrogen-bond donors (Lipinski definition) is 1. The van der Waals surface area contributed by atoms with Gasteiger partial charge in [-0.2, -0.15) is 0 Å². The van der Waals surface area contributed by atoms with Crippen molar-refractivity contribution in [3.63, 3.8) is 0 Å². The van der Waals surface area contributed by atoms with Gasteiger partial charge in [-0.05, 0) is 37.5 Å². The molecule has 24 heavy (non-hydrogen) atoms. The van der Waals surface area contributed by atoms with Crippen LogP contribution in [0.25, 0.3) is 0 Å². The van der Waals surface area contributed by atoms with Crippen LogP contribution >= 0.6 is 24.0 Å². The predicted molar refractivity (Wildman–Crippen MR) is 112 cm³/mol. The summed E-state index contributed by atoms with van der Waals surface area (Å²) in [5, 5.41) is 3.40. The maximum absolute atomic E-state index is 11.6. The van der Waals surface area contributed by atoms with E-state index in [1.54, 1.807) is 7.05 Å². The van der Waals surface area contributed by atoms with E-state index in [1.807, 2.05) is 0 Å². The Morgan fingerprint density at radius 3 is 2.29 bits per heavy atom. The molecule has 2 aliphatic carbocycles. The molecule has 0 aromatic carbocycles. The summed E-state index contributed by atoms with van der Waals surface area (Å²) in [6.07, 6.45) is 8.60. The third-order valence-electron chi connectivity index (χ3n) is 5.39. The Hall–Kier alpha value is -0.0500. The molecular formula is C17H34IN3O2S. The van der Waals surface area contributed by atoms with E-state index < -0.39 is 9.84 Å². The predicted octanol–water partition coefficient (Wildman–Crippen LogP) is 2.76. The zero-order valence-electron chi connectivity index (χ0n) is 15.5. The molecule has 0 unspecified atom stereocenters. The van der Waals surface area contributed by atoms with E-state index in [0.29, 0.717) is 6.54 Å². The Kier molecular flexibility index (Phi) is 8.29. The molecule has 1 N–H and O–H groups in total. The molecule has 0 aliphatic heterocycles. The number of halogens is 1. The molecule has 142 valence electrons. The van der Waals surface area contributed by atoms with Crippen molar-refractivity contribution in [3.05, 3.63) is 0 Å². The van der Waals surface area contributed by atoms with Crippen molar-refractivity contribution in [2.75, 3.05) is 39.2 Å². The van der Waals surface area contributed by atoms with Crippen LogP contribution in [0.4, 0.5) is 0 Å². The second kappa shape index (κ2) is 9.05. The summed E-state index contributed by atoms with van der Waals surface area (Å²) in [5.74, 6) is 2.80. The standard InChI is InChI=1S/C17H33N3O2S.HI/c1-14-5-7-15(8-6-14)11-20(3)16(18-2)19-12-17(9-10-17)13-23(4,21)22;/h14-15H,5-13H2,1-4H3,(H,18,19);1H. The van der Waals surface area contributed by atoms with Gasteiger partial charge in [-0.15, -0.1) is 24.0 Å². The first-order chi connectivity index (χ1) is 10.7. The quantitative estimate of drug-likeness (QED) is 0.368. The summed E-state index contributed by atoms with van der Waals surface area (Å²) in [6, 6.07) is 0. The summed E-state index contributed by atoms with van der Waals surface area (Å²) in [7, 11) is 0.975. The zero-order chi connectivity index (χ0) is 17.1. The van der Waals surface area contributed by atoms with Crippen LogP contribution in [-0.2, 0) is 9.84 Å². The van der Waals surface area contributed by atoms with Gasteiger partial charge in [0.25, 0.3) is 0 Å². The van der Waals surface area contributed by atoms with Gasteiger partial charge in [-0.3, -0.25) is 4.99 Å². The van der Waals surface area contributed by atoms with Crippen LogP contribution in [0, 0.1) is 17.3 Å². The Bertz CT molecular complexity index is 524. The molecule has 2 aliphatic rings. The van der Waals surface area contributed by atoms with Crippen molar-refractivity contribution < 1.29 is 8.42 Å². The fourth-order valence-corrected chi connectivity index (χ4v) is 5.24.